The molecule has 0 bridgehead atoms. The molecular formula is C11H9N3O2. The number of carboxylic acid groups (broad SMARTS) is 1. The van der Waals surface area contributed by atoms with Crippen molar-refractivity contribution in [2.24, 2.45) is 0 Å². The zero-order valence-corrected chi connectivity index (χ0v) is 8.34. The van der Waals surface area contributed by atoms with Crippen molar-refractivity contribution < 1.29 is 9.90 Å². The average molecular weight is 215 g/mol. The molecule has 16 heavy (non-hydrogen) atoms. The minimum absolute atomic E-state index is 0.0888. The van der Waals surface area contributed by atoms with Gasteiger partial charge in [-0.1, -0.05) is 12.0 Å². The number of hydrogen-bond donors (Lipinski definition) is 2. The molecule has 0 spiro atoms. The van der Waals surface area contributed by atoms with Crippen molar-refractivity contribution in [1.29, 1.82) is 0 Å². The Morgan fingerprint density at radius 1 is 1.62 bits per heavy atom. The van der Waals surface area contributed by atoms with E-state index in [2.05, 4.69) is 16.2 Å². The number of nitrogens with zero attached hydrogens (tertiary/aromatic N) is 2. The van der Waals surface area contributed by atoms with E-state index in [9.17, 15) is 4.79 Å². The molecule has 0 saturated carbocycles. The van der Waals surface area contributed by atoms with Gasteiger partial charge in [-0.25, -0.2) is 9.78 Å². The Hall–Kier alpha value is -2.48. The second-order valence-corrected chi connectivity index (χ2v) is 3.10. The molecule has 0 aromatic carbocycles. The van der Waals surface area contributed by atoms with Crippen LogP contribution in [0.15, 0.2) is 24.4 Å². The smallest absolute Gasteiger partial charge is 0.356 e. The Morgan fingerprint density at radius 3 is 3.12 bits per heavy atom. The highest BCUT2D eigenvalue weighted by molar-refractivity contribution is 5.93. The van der Waals surface area contributed by atoms with Gasteiger partial charge in [0.05, 0.1) is 6.54 Å². The minimum atomic E-state index is -1.04. The first-order valence-corrected chi connectivity index (χ1v) is 4.61. The third-order valence-corrected chi connectivity index (χ3v) is 2.09. The monoisotopic (exact) mass is 215 g/mol. The van der Waals surface area contributed by atoms with E-state index in [1.807, 2.05) is 0 Å². The lowest BCUT2D eigenvalue weighted by atomic mass is 10.4. The number of nitrogens with one attached hydrogen (secondary N) is 1. The third-order valence-electron chi connectivity index (χ3n) is 2.09. The van der Waals surface area contributed by atoms with Crippen LogP contribution in [-0.4, -0.2) is 27.0 Å². The molecule has 5 nitrogen and oxygen atoms in total. The summed E-state index contributed by atoms with van der Waals surface area (Å²) in [6, 6.07) is 5.26. The van der Waals surface area contributed by atoms with Crippen molar-refractivity contribution in [2.75, 3.05) is 11.9 Å². The van der Waals surface area contributed by atoms with Crippen LogP contribution in [0.25, 0.3) is 5.65 Å². The Labute approximate surface area is 91.7 Å². The molecule has 2 aromatic heterocycles. The van der Waals surface area contributed by atoms with Crippen LogP contribution in [0.2, 0.25) is 0 Å². The van der Waals surface area contributed by atoms with E-state index < -0.39 is 5.97 Å². The van der Waals surface area contributed by atoms with E-state index in [0.29, 0.717) is 5.65 Å². The number of terminal acetylenes is 1. The lowest BCUT2D eigenvalue weighted by Crippen LogP contribution is -2.07. The molecule has 0 aliphatic carbocycles. The van der Waals surface area contributed by atoms with Gasteiger partial charge in [0, 0.05) is 6.20 Å². The van der Waals surface area contributed by atoms with Gasteiger partial charge >= 0.3 is 5.97 Å². The first-order valence-electron chi connectivity index (χ1n) is 4.61. The summed E-state index contributed by atoms with van der Waals surface area (Å²) in [7, 11) is 0. The van der Waals surface area contributed by atoms with Gasteiger partial charge in [-0.3, -0.25) is 4.40 Å². The lowest BCUT2D eigenvalue weighted by Gasteiger charge is -1.99. The molecule has 2 aromatic rings. The van der Waals surface area contributed by atoms with Crippen LogP contribution in [0.1, 0.15) is 10.5 Å². The van der Waals surface area contributed by atoms with Gasteiger partial charge in [-0.05, 0) is 12.1 Å². The third kappa shape index (κ3) is 1.57. The van der Waals surface area contributed by atoms with Gasteiger partial charge in [0.1, 0.15) is 5.65 Å². The van der Waals surface area contributed by atoms with E-state index >= 15 is 0 Å². The van der Waals surface area contributed by atoms with Crippen molar-refractivity contribution in [3.63, 3.8) is 0 Å². The van der Waals surface area contributed by atoms with Crippen molar-refractivity contribution in [2.45, 2.75) is 0 Å². The summed E-state index contributed by atoms with van der Waals surface area (Å²) >= 11 is 0. The second kappa shape index (κ2) is 3.95. The molecule has 2 rings (SSSR count). The quantitative estimate of drug-likeness (QED) is 0.752. The maximum Gasteiger partial charge on any atom is 0.356 e. The number of hydrogen-bond acceptors (Lipinski definition) is 3. The summed E-state index contributed by atoms with van der Waals surface area (Å²) in [5.41, 5.74) is 0.658. The highest BCUT2D eigenvalue weighted by Crippen LogP contribution is 2.17. The fraction of sp³-hybridized carbons (Fsp3) is 0.0909. The predicted molar refractivity (Wildman–Crippen MR) is 59.5 cm³/mol. The summed E-state index contributed by atoms with van der Waals surface area (Å²) in [5, 5.41) is 11.9. The van der Waals surface area contributed by atoms with Gasteiger partial charge < -0.3 is 10.4 Å². The zero-order valence-electron chi connectivity index (χ0n) is 8.34. The second-order valence-electron chi connectivity index (χ2n) is 3.10. The zero-order chi connectivity index (χ0) is 11.5. The SMILES string of the molecule is C#CCNc1nc2ccccn2c1C(=O)O. The molecule has 0 fully saturated rings. The highest BCUT2D eigenvalue weighted by Gasteiger charge is 2.17. The molecule has 2 N–H and O–H groups in total. The van der Waals surface area contributed by atoms with Crippen molar-refractivity contribution >= 4 is 17.4 Å². The number of imidazole rings is 1. The van der Waals surface area contributed by atoms with Gasteiger partial charge in [0.25, 0.3) is 0 Å². The number of pyridine rings is 1. The van der Waals surface area contributed by atoms with E-state index in [1.54, 1.807) is 24.4 Å². The molecule has 2 heterocycles. The maximum absolute atomic E-state index is 11.1. The molecule has 0 aliphatic rings. The number of rotatable bonds is 3. The first kappa shape index (κ1) is 10.1. The van der Waals surface area contributed by atoms with Crippen molar-refractivity contribution in [3.05, 3.63) is 30.1 Å². The first-order chi connectivity index (χ1) is 7.74. The summed E-state index contributed by atoms with van der Waals surface area (Å²) < 4.78 is 1.50. The molecule has 5 heteroatoms. The number of anilines is 1. The topological polar surface area (TPSA) is 66.6 Å². The van der Waals surface area contributed by atoms with E-state index in [0.717, 1.165) is 0 Å². The number of carbonyl (C=O) groups is 1. The van der Waals surface area contributed by atoms with E-state index in [-0.39, 0.29) is 18.1 Å². The fourth-order valence-corrected chi connectivity index (χ4v) is 1.46. The lowest BCUT2D eigenvalue weighted by molar-refractivity contribution is 0.0690. The fourth-order valence-electron chi connectivity index (χ4n) is 1.46. The maximum atomic E-state index is 11.1. The molecule has 0 aliphatic heterocycles. The van der Waals surface area contributed by atoms with Crippen LogP contribution in [0.5, 0.6) is 0 Å². The van der Waals surface area contributed by atoms with Gasteiger partial charge in [0.15, 0.2) is 11.5 Å². The predicted octanol–water partition coefficient (Wildman–Crippen LogP) is 1.08. The standard InChI is InChI=1S/C11H9N3O2/c1-2-6-12-10-9(11(15)16)14-7-4-3-5-8(14)13-10/h1,3-5,7,12H,6H2,(H,15,16). The Bertz CT molecular complexity index is 580. The van der Waals surface area contributed by atoms with Crippen LogP contribution in [0.3, 0.4) is 0 Å². The van der Waals surface area contributed by atoms with Gasteiger partial charge in [-0.2, -0.15) is 0 Å². The summed E-state index contributed by atoms with van der Waals surface area (Å²) in [5.74, 6) is 1.62. The number of fused-ring (bicyclic) bond motifs is 1. The number of aromatic nitrogens is 2. The van der Waals surface area contributed by atoms with E-state index in [1.165, 1.54) is 4.40 Å². The van der Waals surface area contributed by atoms with Crippen LogP contribution < -0.4 is 5.32 Å². The molecule has 0 amide bonds. The average Bonchev–Trinajstić information content (AvgIpc) is 2.64. The number of carboxylic acids is 1. The largest absolute Gasteiger partial charge is 0.476 e. The molecule has 0 unspecified atom stereocenters. The van der Waals surface area contributed by atoms with Crippen molar-refractivity contribution in [1.82, 2.24) is 9.38 Å². The molecule has 80 valence electrons. The van der Waals surface area contributed by atoms with Crippen LogP contribution >= 0.6 is 0 Å². The Kier molecular flexibility index (Phi) is 2.48. The molecular weight excluding hydrogens is 206 g/mol. The van der Waals surface area contributed by atoms with Gasteiger partial charge in [-0.15, -0.1) is 6.42 Å². The highest BCUT2D eigenvalue weighted by atomic mass is 16.4. The van der Waals surface area contributed by atoms with E-state index in [4.69, 9.17) is 11.5 Å². The molecule has 0 atom stereocenters. The summed E-state index contributed by atoms with van der Waals surface area (Å²) in [4.78, 5) is 15.3. The Balaban J connectivity index is 2.59. The normalized spacial score (nSPS) is 9.94. The number of aromatic carboxylic acids is 1. The van der Waals surface area contributed by atoms with Crippen LogP contribution in [-0.2, 0) is 0 Å². The van der Waals surface area contributed by atoms with Crippen LogP contribution in [0.4, 0.5) is 5.82 Å². The molecule has 0 saturated heterocycles. The Morgan fingerprint density at radius 2 is 2.44 bits per heavy atom. The minimum Gasteiger partial charge on any atom is -0.476 e. The summed E-state index contributed by atoms with van der Waals surface area (Å²) in [6.45, 7) is 0.240. The summed E-state index contributed by atoms with van der Waals surface area (Å²) in [6.07, 6.45) is 6.75. The molecule has 0 radical (unpaired) electrons. The van der Waals surface area contributed by atoms with Crippen LogP contribution in [0, 0.1) is 12.3 Å². The van der Waals surface area contributed by atoms with Gasteiger partial charge in [0.2, 0.25) is 0 Å². The van der Waals surface area contributed by atoms with Crippen molar-refractivity contribution in [3.8, 4) is 12.3 Å².